The third kappa shape index (κ3) is 3.76. The van der Waals surface area contributed by atoms with E-state index in [1.54, 1.807) is 0 Å². The maximum absolute atomic E-state index is 2.38. The second kappa shape index (κ2) is 9.64. The van der Waals surface area contributed by atoms with Gasteiger partial charge in [-0.3, -0.25) is 0 Å². The van der Waals surface area contributed by atoms with E-state index >= 15 is 0 Å². The predicted molar refractivity (Wildman–Crippen MR) is 202 cm³/mol. The smallest absolute Gasteiger partial charge is 0.0165 e. The summed E-state index contributed by atoms with van der Waals surface area (Å²) in [5, 5.41) is 10.5. The predicted octanol–water partition coefficient (Wildman–Crippen LogP) is 13.0. The Morgan fingerprint density at radius 2 is 0.894 bits per heavy atom. The van der Waals surface area contributed by atoms with Gasteiger partial charge in [-0.25, -0.2) is 0 Å². The normalized spacial score (nSPS) is 13.5. The van der Waals surface area contributed by atoms with Gasteiger partial charge in [0.1, 0.15) is 0 Å². The van der Waals surface area contributed by atoms with Crippen molar-refractivity contribution in [1.29, 1.82) is 0 Å². The van der Waals surface area contributed by atoms with E-state index in [4.69, 9.17) is 0 Å². The SMILES string of the molecule is CC1(C)c2ccccc2-c2ccc3cc(-c4cccc(-c5ccc6ccc7c(-c8ccccc8)ccc8ccc5c6c87)c4)ccc3c21. The summed E-state index contributed by atoms with van der Waals surface area (Å²) in [5.41, 5.74) is 13.1. The first-order valence-electron chi connectivity index (χ1n) is 16.6. The van der Waals surface area contributed by atoms with Crippen molar-refractivity contribution >= 4 is 43.1 Å². The lowest BCUT2D eigenvalue weighted by molar-refractivity contribution is 0.666. The first-order valence-corrected chi connectivity index (χ1v) is 16.6. The van der Waals surface area contributed by atoms with Crippen molar-refractivity contribution in [2.75, 3.05) is 0 Å². The fourth-order valence-corrected chi connectivity index (χ4v) is 8.59. The molecule has 0 atom stereocenters. The lowest BCUT2D eigenvalue weighted by Gasteiger charge is -2.23. The van der Waals surface area contributed by atoms with Crippen LogP contribution in [0.2, 0.25) is 0 Å². The van der Waals surface area contributed by atoms with Gasteiger partial charge in [0.2, 0.25) is 0 Å². The van der Waals surface area contributed by atoms with Crippen LogP contribution in [-0.4, -0.2) is 0 Å². The molecule has 1 aliphatic carbocycles. The molecule has 0 saturated heterocycles. The minimum atomic E-state index is -0.0241. The van der Waals surface area contributed by atoms with Crippen LogP contribution < -0.4 is 0 Å². The molecule has 1 aliphatic rings. The summed E-state index contributed by atoms with van der Waals surface area (Å²) in [7, 11) is 0. The van der Waals surface area contributed by atoms with Crippen LogP contribution in [-0.2, 0) is 5.41 Å². The lowest BCUT2D eigenvalue weighted by atomic mass is 9.80. The number of benzene rings is 9. The van der Waals surface area contributed by atoms with Crippen LogP contribution in [0.5, 0.6) is 0 Å². The molecule has 0 fully saturated rings. The number of hydrogen-bond donors (Lipinski definition) is 0. The van der Waals surface area contributed by atoms with E-state index < -0.39 is 0 Å². The van der Waals surface area contributed by atoms with E-state index in [0.29, 0.717) is 0 Å². The molecular formula is C47H32. The van der Waals surface area contributed by atoms with Gasteiger partial charge in [-0.15, -0.1) is 0 Å². The molecule has 10 rings (SSSR count). The van der Waals surface area contributed by atoms with Crippen LogP contribution in [0.1, 0.15) is 25.0 Å². The molecule has 9 aromatic carbocycles. The molecule has 47 heavy (non-hydrogen) atoms. The highest BCUT2D eigenvalue weighted by Crippen LogP contribution is 2.51. The Labute approximate surface area is 274 Å². The maximum Gasteiger partial charge on any atom is 0.0165 e. The quantitative estimate of drug-likeness (QED) is 0.178. The molecule has 0 nitrogen and oxygen atoms in total. The van der Waals surface area contributed by atoms with Crippen molar-refractivity contribution < 1.29 is 0 Å². The zero-order chi connectivity index (χ0) is 31.3. The summed E-state index contributed by atoms with van der Waals surface area (Å²) < 4.78 is 0. The molecule has 0 heterocycles. The second-order valence-electron chi connectivity index (χ2n) is 13.7. The monoisotopic (exact) mass is 596 g/mol. The highest BCUT2D eigenvalue weighted by molar-refractivity contribution is 6.27. The average Bonchev–Trinajstić information content (AvgIpc) is 3.37. The van der Waals surface area contributed by atoms with E-state index in [2.05, 4.69) is 172 Å². The Bertz CT molecular complexity index is 2690. The van der Waals surface area contributed by atoms with Crippen LogP contribution in [0.3, 0.4) is 0 Å². The fraction of sp³-hybridized carbons (Fsp3) is 0.0638. The lowest BCUT2D eigenvalue weighted by Crippen LogP contribution is -2.15. The third-order valence-corrected chi connectivity index (χ3v) is 10.8. The Balaban J connectivity index is 1.11. The fourth-order valence-electron chi connectivity index (χ4n) is 8.59. The van der Waals surface area contributed by atoms with Crippen molar-refractivity contribution in [3.63, 3.8) is 0 Å². The minimum absolute atomic E-state index is 0.0241. The highest BCUT2D eigenvalue weighted by Gasteiger charge is 2.36. The van der Waals surface area contributed by atoms with Gasteiger partial charge in [0.15, 0.2) is 0 Å². The molecule has 0 aliphatic heterocycles. The van der Waals surface area contributed by atoms with Crippen LogP contribution in [0.15, 0.2) is 158 Å². The van der Waals surface area contributed by atoms with Crippen molar-refractivity contribution in [3.05, 3.63) is 169 Å². The minimum Gasteiger partial charge on any atom is -0.0622 e. The Kier molecular flexibility index (Phi) is 5.44. The van der Waals surface area contributed by atoms with E-state index in [1.807, 2.05) is 0 Å². The number of rotatable bonds is 3. The standard InChI is InChI=1S/C47H32/c1-47(2)43-14-7-6-13-39(43)42-26-20-35-28-33(19-23-38(35)46(42)47)32-11-8-12-34(27-32)37-22-16-31-17-24-40-36(29-9-4-3-5-10-29)21-15-30-18-25-41(37)45(31)44(30)40/h3-28H,1-2H3. The van der Waals surface area contributed by atoms with Crippen LogP contribution >= 0.6 is 0 Å². The Morgan fingerprint density at radius 3 is 1.66 bits per heavy atom. The van der Waals surface area contributed by atoms with Gasteiger partial charge in [0, 0.05) is 5.41 Å². The third-order valence-electron chi connectivity index (χ3n) is 10.8. The van der Waals surface area contributed by atoms with Gasteiger partial charge in [0.05, 0.1) is 0 Å². The first kappa shape index (κ1) is 26.5. The summed E-state index contributed by atoms with van der Waals surface area (Å²) in [4.78, 5) is 0. The van der Waals surface area contributed by atoms with Gasteiger partial charge in [-0.05, 0) is 111 Å². The van der Waals surface area contributed by atoms with Crippen LogP contribution in [0.25, 0.3) is 87.6 Å². The van der Waals surface area contributed by atoms with Gasteiger partial charge >= 0.3 is 0 Å². The molecule has 220 valence electrons. The summed E-state index contributed by atoms with van der Waals surface area (Å²) in [6.07, 6.45) is 0. The van der Waals surface area contributed by atoms with E-state index in [9.17, 15) is 0 Å². The number of fused-ring (bicyclic) bond motifs is 5. The first-order chi connectivity index (χ1) is 23.1. The van der Waals surface area contributed by atoms with Gasteiger partial charge in [0.25, 0.3) is 0 Å². The highest BCUT2D eigenvalue weighted by atomic mass is 14.4. The molecule has 0 amide bonds. The summed E-state index contributed by atoms with van der Waals surface area (Å²) in [6, 6.07) is 58.8. The van der Waals surface area contributed by atoms with Crippen molar-refractivity contribution in [1.82, 2.24) is 0 Å². The molecule has 0 unspecified atom stereocenters. The summed E-state index contributed by atoms with van der Waals surface area (Å²) in [6.45, 7) is 4.74. The van der Waals surface area contributed by atoms with Crippen molar-refractivity contribution in [2.24, 2.45) is 0 Å². The van der Waals surface area contributed by atoms with Crippen molar-refractivity contribution in [3.8, 4) is 44.5 Å². The molecule has 0 saturated carbocycles. The molecule has 0 bridgehead atoms. The molecule has 0 spiro atoms. The maximum atomic E-state index is 2.38. The Hall–Kier alpha value is -5.72. The van der Waals surface area contributed by atoms with E-state index in [1.165, 1.54) is 98.7 Å². The largest absolute Gasteiger partial charge is 0.0622 e. The topological polar surface area (TPSA) is 0 Å². The van der Waals surface area contributed by atoms with Gasteiger partial charge in [-0.2, -0.15) is 0 Å². The molecule has 0 radical (unpaired) electrons. The zero-order valence-corrected chi connectivity index (χ0v) is 26.5. The Morgan fingerprint density at radius 1 is 0.340 bits per heavy atom. The second-order valence-corrected chi connectivity index (χ2v) is 13.7. The van der Waals surface area contributed by atoms with E-state index in [0.717, 1.165) is 0 Å². The van der Waals surface area contributed by atoms with Crippen molar-refractivity contribution in [2.45, 2.75) is 19.3 Å². The van der Waals surface area contributed by atoms with E-state index in [-0.39, 0.29) is 5.41 Å². The number of hydrogen-bond acceptors (Lipinski definition) is 0. The zero-order valence-electron chi connectivity index (χ0n) is 26.5. The molecular weight excluding hydrogens is 565 g/mol. The van der Waals surface area contributed by atoms with Gasteiger partial charge in [-0.1, -0.05) is 159 Å². The average molecular weight is 597 g/mol. The van der Waals surface area contributed by atoms with Crippen LogP contribution in [0, 0.1) is 0 Å². The molecule has 0 heteroatoms. The van der Waals surface area contributed by atoms with Gasteiger partial charge < -0.3 is 0 Å². The van der Waals surface area contributed by atoms with Crippen LogP contribution in [0.4, 0.5) is 0 Å². The molecule has 0 N–H and O–H groups in total. The summed E-state index contributed by atoms with van der Waals surface area (Å²) >= 11 is 0. The molecule has 0 aromatic heterocycles. The summed E-state index contributed by atoms with van der Waals surface area (Å²) in [5.74, 6) is 0. The molecule has 9 aromatic rings.